The fraction of sp³-hybridized carbons (Fsp3) is 0.500. The van der Waals surface area contributed by atoms with Crippen LogP contribution in [0.15, 0.2) is 18.2 Å². The lowest BCUT2D eigenvalue weighted by Gasteiger charge is -2.15. The van der Waals surface area contributed by atoms with Gasteiger partial charge in [0.05, 0.1) is 5.69 Å². The van der Waals surface area contributed by atoms with Crippen molar-refractivity contribution < 1.29 is 32.2 Å². The molecule has 0 aliphatic heterocycles. The summed E-state index contributed by atoms with van der Waals surface area (Å²) in [4.78, 5) is 11.7. The van der Waals surface area contributed by atoms with Crippen molar-refractivity contribution in [1.82, 2.24) is 5.32 Å². The standard InChI is InChI=1S/C14H18F4N2O3/c1-9(4-5-21)7-19-13(22)20-11-3-2-10(15)6-12(11)23-8-14(16,17)18/h2-3,6,9,21H,4-5,7-8H2,1H3,(H2,19,20,22). The first kappa shape index (κ1) is 19.0. The Kier molecular flexibility index (Phi) is 7.08. The highest BCUT2D eigenvalue weighted by molar-refractivity contribution is 5.90. The van der Waals surface area contributed by atoms with Crippen LogP contribution in [0.1, 0.15) is 13.3 Å². The average molecular weight is 338 g/mol. The predicted octanol–water partition coefficient (Wildman–Crippen LogP) is 2.91. The van der Waals surface area contributed by atoms with Crippen LogP contribution in [0.25, 0.3) is 0 Å². The zero-order valence-electron chi connectivity index (χ0n) is 12.4. The minimum Gasteiger partial charge on any atom is -0.482 e. The van der Waals surface area contributed by atoms with Gasteiger partial charge in [-0.1, -0.05) is 6.92 Å². The van der Waals surface area contributed by atoms with Gasteiger partial charge in [0.15, 0.2) is 6.61 Å². The van der Waals surface area contributed by atoms with Crippen molar-refractivity contribution in [2.24, 2.45) is 5.92 Å². The van der Waals surface area contributed by atoms with E-state index in [1.807, 2.05) is 6.92 Å². The van der Waals surface area contributed by atoms with Gasteiger partial charge in [0.25, 0.3) is 0 Å². The lowest BCUT2D eigenvalue weighted by Crippen LogP contribution is -2.32. The second-order valence-electron chi connectivity index (χ2n) is 5.00. The van der Waals surface area contributed by atoms with E-state index in [9.17, 15) is 22.4 Å². The molecule has 0 heterocycles. The lowest BCUT2D eigenvalue weighted by atomic mass is 10.1. The number of carbonyl (C=O) groups excluding carboxylic acids is 1. The van der Waals surface area contributed by atoms with E-state index in [4.69, 9.17) is 5.11 Å². The van der Waals surface area contributed by atoms with Crippen LogP contribution in [0, 0.1) is 11.7 Å². The Morgan fingerprint density at radius 1 is 1.39 bits per heavy atom. The molecule has 0 bridgehead atoms. The zero-order chi connectivity index (χ0) is 17.5. The molecular weight excluding hydrogens is 320 g/mol. The number of rotatable bonds is 7. The van der Waals surface area contributed by atoms with Gasteiger partial charge >= 0.3 is 12.2 Å². The molecule has 23 heavy (non-hydrogen) atoms. The quantitative estimate of drug-likeness (QED) is 0.670. The molecule has 0 aromatic heterocycles. The summed E-state index contributed by atoms with van der Waals surface area (Å²) in [6.07, 6.45) is -4.08. The predicted molar refractivity (Wildman–Crippen MR) is 75.8 cm³/mol. The Bertz CT molecular complexity index is 523. The number of hydrogen-bond acceptors (Lipinski definition) is 3. The summed E-state index contributed by atoms with van der Waals surface area (Å²) in [5.41, 5.74) is -0.0806. The molecule has 0 radical (unpaired) electrons. The monoisotopic (exact) mass is 338 g/mol. The SMILES string of the molecule is CC(CCO)CNC(=O)Nc1ccc(F)cc1OCC(F)(F)F. The Labute approximate surface area is 130 Å². The number of benzene rings is 1. The van der Waals surface area contributed by atoms with Crippen molar-refractivity contribution in [3.63, 3.8) is 0 Å². The van der Waals surface area contributed by atoms with Crippen molar-refractivity contribution in [2.45, 2.75) is 19.5 Å². The summed E-state index contributed by atoms with van der Waals surface area (Å²) in [5, 5.41) is 13.5. The van der Waals surface area contributed by atoms with Gasteiger partial charge in [0, 0.05) is 19.2 Å². The normalized spacial score (nSPS) is 12.6. The van der Waals surface area contributed by atoms with E-state index in [1.54, 1.807) is 0 Å². The maximum Gasteiger partial charge on any atom is 0.422 e. The summed E-state index contributed by atoms with van der Waals surface area (Å²) in [6, 6.07) is 2.19. The molecule has 1 atom stereocenters. The van der Waals surface area contributed by atoms with Gasteiger partial charge in [-0.3, -0.25) is 0 Å². The van der Waals surface area contributed by atoms with Gasteiger partial charge in [0.1, 0.15) is 11.6 Å². The molecule has 1 aromatic rings. The Morgan fingerprint density at radius 2 is 2.09 bits per heavy atom. The van der Waals surface area contributed by atoms with Crippen molar-refractivity contribution in [2.75, 3.05) is 25.1 Å². The minimum atomic E-state index is -4.58. The van der Waals surface area contributed by atoms with Gasteiger partial charge in [-0.05, 0) is 24.5 Å². The Hall–Kier alpha value is -2.03. The topological polar surface area (TPSA) is 70.6 Å². The summed E-state index contributed by atoms with van der Waals surface area (Å²) in [7, 11) is 0. The maximum absolute atomic E-state index is 13.1. The van der Waals surface area contributed by atoms with Crippen molar-refractivity contribution in [3.8, 4) is 5.75 Å². The van der Waals surface area contributed by atoms with Crippen molar-refractivity contribution in [1.29, 1.82) is 0 Å². The molecule has 1 unspecified atom stereocenters. The number of carbonyl (C=O) groups is 1. The highest BCUT2D eigenvalue weighted by Crippen LogP contribution is 2.27. The summed E-state index contributed by atoms with van der Waals surface area (Å²) in [5.74, 6) is -1.18. The number of aliphatic hydroxyl groups is 1. The number of anilines is 1. The second kappa shape index (κ2) is 8.56. The number of aliphatic hydroxyl groups excluding tert-OH is 1. The molecule has 3 N–H and O–H groups in total. The van der Waals surface area contributed by atoms with E-state index in [0.717, 1.165) is 18.2 Å². The summed E-state index contributed by atoms with van der Waals surface area (Å²) in [6.45, 7) is 0.469. The molecule has 0 spiro atoms. The Balaban J connectivity index is 2.66. The van der Waals surface area contributed by atoms with Crippen LogP contribution in [-0.4, -0.2) is 37.1 Å². The highest BCUT2D eigenvalue weighted by Gasteiger charge is 2.29. The second-order valence-corrected chi connectivity index (χ2v) is 5.00. The van der Waals surface area contributed by atoms with Crippen LogP contribution < -0.4 is 15.4 Å². The highest BCUT2D eigenvalue weighted by atomic mass is 19.4. The van der Waals surface area contributed by atoms with E-state index in [2.05, 4.69) is 15.4 Å². The fourth-order valence-corrected chi connectivity index (χ4v) is 1.63. The van der Waals surface area contributed by atoms with Crippen LogP contribution in [0.3, 0.4) is 0 Å². The lowest BCUT2D eigenvalue weighted by molar-refractivity contribution is -0.153. The third-order valence-electron chi connectivity index (χ3n) is 2.82. The van der Waals surface area contributed by atoms with E-state index in [1.165, 1.54) is 0 Å². The van der Waals surface area contributed by atoms with Gasteiger partial charge < -0.3 is 20.5 Å². The first-order chi connectivity index (χ1) is 10.7. The number of alkyl halides is 3. The fourth-order valence-electron chi connectivity index (χ4n) is 1.63. The molecule has 1 aromatic carbocycles. The average Bonchev–Trinajstić information content (AvgIpc) is 2.45. The molecule has 2 amide bonds. The molecule has 9 heteroatoms. The van der Waals surface area contributed by atoms with Crippen LogP contribution in [0.5, 0.6) is 5.75 Å². The molecule has 5 nitrogen and oxygen atoms in total. The third-order valence-corrected chi connectivity index (χ3v) is 2.82. The maximum atomic E-state index is 13.1. The number of amides is 2. The molecule has 0 saturated heterocycles. The number of halogens is 4. The molecule has 0 aliphatic rings. The molecule has 0 saturated carbocycles. The van der Waals surface area contributed by atoms with Crippen LogP contribution in [0.4, 0.5) is 28.0 Å². The first-order valence-electron chi connectivity index (χ1n) is 6.86. The van der Waals surface area contributed by atoms with E-state index < -0.39 is 30.4 Å². The van der Waals surface area contributed by atoms with Crippen LogP contribution >= 0.6 is 0 Å². The van der Waals surface area contributed by atoms with Crippen LogP contribution in [0.2, 0.25) is 0 Å². The largest absolute Gasteiger partial charge is 0.482 e. The molecular formula is C14H18F4N2O3. The van der Waals surface area contributed by atoms with Gasteiger partial charge in [-0.2, -0.15) is 13.2 Å². The van der Waals surface area contributed by atoms with E-state index >= 15 is 0 Å². The Morgan fingerprint density at radius 3 is 2.70 bits per heavy atom. The smallest absolute Gasteiger partial charge is 0.422 e. The molecule has 1 rings (SSSR count). The number of nitrogens with one attached hydrogen (secondary N) is 2. The number of hydrogen-bond donors (Lipinski definition) is 3. The zero-order valence-corrected chi connectivity index (χ0v) is 12.4. The number of urea groups is 1. The van der Waals surface area contributed by atoms with Crippen molar-refractivity contribution in [3.05, 3.63) is 24.0 Å². The van der Waals surface area contributed by atoms with Gasteiger partial charge in [-0.15, -0.1) is 0 Å². The minimum absolute atomic E-state index is 0.0160. The van der Waals surface area contributed by atoms with E-state index in [-0.39, 0.29) is 24.8 Å². The molecule has 130 valence electrons. The first-order valence-corrected chi connectivity index (χ1v) is 6.86. The molecule has 0 aliphatic carbocycles. The van der Waals surface area contributed by atoms with Crippen molar-refractivity contribution >= 4 is 11.7 Å². The van der Waals surface area contributed by atoms with Gasteiger partial charge in [-0.25, -0.2) is 9.18 Å². The van der Waals surface area contributed by atoms with Crippen LogP contribution in [-0.2, 0) is 0 Å². The van der Waals surface area contributed by atoms with Gasteiger partial charge in [0.2, 0.25) is 0 Å². The summed E-state index contributed by atoms with van der Waals surface area (Å²) < 4.78 is 54.2. The summed E-state index contributed by atoms with van der Waals surface area (Å²) >= 11 is 0. The third kappa shape index (κ3) is 7.68. The number of ether oxygens (including phenoxy) is 1. The van der Waals surface area contributed by atoms with E-state index in [0.29, 0.717) is 6.42 Å². The molecule has 0 fully saturated rings.